The highest BCUT2D eigenvalue weighted by Crippen LogP contribution is 2.28. The van der Waals surface area contributed by atoms with Gasteiger partial charge in [0.25, 0.3) is 0 Å². The van der Waals surface area contributed by atoms with E-state index in [9.17, 15) is 0 Å². The number of hydrogen-bond donors (Lipinski definition) is 1. The number of fused-ring (bicyclic) bond motifs is 1. The largest absolute Gasteiger partial charge is 0.307 e. The molecule has 2 aromatic rings. The van der Waals surface area contributed by atoms with Gasteiger partial charge in [-0.15, -0.1) is 0 Å². The fraction of sp³-hybridized carbons (Fsp3) is 0.474. The van der Waals surface area contributed by atoms with E-state index in [2.05, 4.69) is 61.6 Å². The summed E-state index contributed by atoms with van der Waals surface area (Å²) in [7, 11) is 0. The minimum absolute atomic E-state index is 0.427. The van der Waals surface area contributed by atoms with Crippen LogP contribution in [-0.4, -0.2) is 6.04 Å². The Balaban J connectivity index is 1.80. The predicted octanol–water partition coefficient (Wildman–Crippen LogP) is 5.07. The van der Waals surface area contributed by atoms with Crippen molar-refractivity contribution < 1.29 is 0 Å². The molecule has 1 aliphatic carbocycles. The van der Waals surface area contributed by atoms with Gasteiger partial charge in [-0.2, -0.15) is 0 Å². The van der Waals surface area contributed by atoms with Crippen molar-refractivity contribution in [3.63, 3.8) is 0 Å². The first kappa shape index (κ1) is 13.6. The second kappa shape index (κ2) is 5.97. The van der Waals surface area contributed by atoms with Crippen LogP contribution in [0.2, 0.25) is 0 Å². The number of hydrogen-bond acceptors (Lipinski definition) is 1. The number of nitrogens with one attached hydrogen (secondary N) is 1. The van der Waals surface area contributed by atoms with Gasteiger partial charge in [-0.25, -0.2) is 0 Å². The van der Waals surface area contributed by atoms with E-state index >= 15 is 0 Å². The van der Waals surface area contributed by atoms with Gasteiger partial charge in [-0.05, 0) is 42.0 Å². The molecule has 0 aliphatic heterocycles. The molecule has 2 aromatic carbocycles. The summed E-state index contributed by atoms with van der Waals surface area (Å²) in [6, 6.07) is 16.5. The van der Waals surface area contributed by atoms with Crippen molar-refractivity contribution in [2.75, 3.05) is 0 Å². The molecule has 0 amide bonds. The molecular formula is C19H25N. The third-order valence-electron chi connectivity index (χ3n) is 4.71. The van der Waals surface area contributed by atoms with E-state index in [0.29, 0.717) is 12.1 Å². The van der Waals surface area contributed by atoms with Crippen LogP contribution in [0.1, 0.15) is 51.1 Å². The molecule has 106 valence electrons. The van der Waals surface area contributed by atoms with E-state index in [-0.39, 0.29) is 0 Å². The molecule has 1 fully saturated rings. The molecular weight excluding hydrogens is 242 g/mol. The van der Waals surface area contributed by atoms with Gasteiger partial charge < -0.3 is 5.32 Å². The zero-order chi connectivity index (χ0) is 13.9. The molecule has 1 nitrogen and oxygen atoms in total. The van der Waals surface area contributed by atoms with Gasteiger partial charge in [0.2, 0.25) is 0 Å². The van der Waals surface area contributed by atoms with E-state index in [4.69, 9.17) is 0 Å². The minimum atomic E-state index is 0.427. The lowest BCUT2D eigenvalue weighted by molar-refractivity contribution is 0.286. The van der Waals surface area contributed by atoms with Crippen LogP contribution in [-0.2, 0) is 0 Å². The number of benzene rings is 2. The van der Waals surface area contributed by atoms with Crippen molar-refractivity contribution >= 4 is 10.8 Å². The van der Waals surface area contributed by atoms with Crippen molar-refractivity contribution in [3.05, 3.63) is 48.0 Å². The normalized spacial score (nSPS) is 24.7. The third-order valence-corrected chi connectivity index (χ3v) is 4.71. The van der Waals surface area contributed by atoms with Crippen LogP contribution in [0, 0.1) is 5.92 Å². The Labute approximate surface area is 122 Å². The molecule has 0 radical (unpaired) electrons. The molecule has 0 saturated heterocycles. The molecule has 0 aromatic heterocycles. The summed E-state index contributed by atoms with van der Waals surface area (Å²) in [5, 5.41) is 6.59. The standard InChI is InChI=1S/C19H25N/c1-14-7-5-10-17(13-14)20-15(2)18-12-6-9-16-8-3-4-11-19(16)18/h3-4,6,8-9,11-12,14-15,17,20H,5,7,10,13H2,1-2H3. The lowest BCUT2D eigenvalue weighted by Gasteiger charge is -2.30. The maximum atomic E-state index is 3.86. The van der Waals surface area contributed by atoms with Crippen LogP contribution in [0.15, 0.2) is 42.5 Å². The van der Waals surface area contributed by atoms with Gasteiger partial charge in [0.05, 0.1) is 0 Å². The summed E-state index contributed by atoms with van der Waals surface area (Å²) in [6.07, 6.45) is 5.44. The van der Waals surface area contributed by atoms with Crippen LogP contribution in [0.5, 0.6) is 0 Å². The van der Waals surface area contributed by atoms with Gasteiger partial charge in [0, 0.05) is 12.1 Å². The highest BCUT2D eigenvalue weighted by Gasteiger charge is 2.21. The van der Waals surface area contributed by atoms with Crippen LogP contribution >= 0.6 is 0 Å². The summed E-state index contributed by atoms with van der Waals surface area (Å²) in [5.41, 5.74) is 1.43. The fourth-order valence-electron chi connectivity index (χ4n) is 3.66. The van der Waals surface area contributed by atoms with Crippen molar-refractivity contribution in [3.8, 4) is 0 Å². The Bertz CT molecular complexity index is 569. The fourth-order valence-corrected chi connectivity index (χ4v) is 3.66. The second-order valence-electron chi connectivity index (χ2n) is 6.43. The van der Waals surface area contributed by atoms with Gasteiger partial charge >= 0.3 is 0 Å². The van der Waals surface area contributed by atoms with Crippen LogP contribution in [0.4, 0.5) is 0 Å². The minimum Gasteiger partial charge on any atom is -0.307 e. The molecule has 3 rings (SSSR count). The van der Waals surface area contributed by atoms with Crippen molar-refractivity contribution in [2.45, 2.75) is 51.6 Å². The summed E-state index contributed by atoms with van der Waals surface area (Å²) in [4.78, 5) is 0. The molecule has 3 unspecified atom stereocenters. The van der Waals surface area contributed by atoms with E-state index < -0.39 is 0 Å². The molecule has 1 heteroatoms. The van der Waals surface area contributed by atoms with Crippen molar-refractivity contribution in [1.29, 1.82) is 0 Å². The smallest absolute Gasteiger partial charge is 0.0300 e. The van der Waals surface area contributed by atoms with Gasteiger partial charge in [0.1, 0.15) is 0 Å². The first-order valence-electron chi connectivity index (χ1n) is 7.98. The maximum Gasteiger partial charge on any atom is 0.0300 e. The first-order chi connectivity index (χ1) is 9.74. The predicted molar refractivity (Wildman–Crippen MR) is 86.9 cm³/mol. The molecule has 1 saturated carbocycles. The third kappa shape index (κ3) is 2.88. The van der Waals surface area contributed by atoms with Crippen molar-refractivity contribution in [2.24, 2.45) is 5.92 Å². The van der Waals surface area contributed by atoms with Crippen LogP contribution in [0.25, 0.3) is 10.8 Å². The van der Waals surface area contributed by atoms with Gasteiger partial charge in [-0.1, -0.05) is 62.2 Å². The first-order valence-corrected chi connectivity index (χ1v) is 7.98. The summed E-state index contributed by atoms with van der Waals surface area (Å²) in [5.74, 6) is 0.876. The molecule has 0 heterocycles. The monoisotopic (exact) mass is 267 g/mol. The Morgan fingerprint density at radius 1 is 1.05 bits per heavy atom. The Kier molecular flexibility index (Phi) is 4.07. The number of rotatable bonds is 3. The van der Waals surface area contributed by atoms with E-state index in [1.54, 1.807) is 0 Å². The zero-order valence-corrected chi connectivity index (χ0v) is 12.6. The average Bonchev–Trinajstić information content (AvgIpc) is 2.46. The van der Waals surface area contributed by atoms with Gasteiger partial charge in [-0.3, -0.25) is 0 Å². The summed E-state index contributed by atoms with van der Waals surface area (Å²) < 4.78 is 0. The Morgan fingerprint density at radius 2 is 1.85 bits per heavy atom. The average molecular weight is 267 g/mol. The molecule has 0 spiro atoms. The van der Waals surface area contributed by atoms with Crippen LogP contribution < -0.4 is 5.32 Å². The topological polar surface area (TPSA) is 12.0 Å². The highest BCUT2D eigenvalue weighted by atomic mass is 14.9. The molecule has 3 atom stereocenters. The Morgan fingerprint density at radius 3 is 2.70 bits per heavy atom. The Hall–Kier alpha value is -1.34. The highest BCUT2D eigenvalue weighted by molar-refractivity contribution is 5.86. The van der Waals surface area contributed by atoms with E-state index in [0.717, 1.165) is 5.92 Å². The molecule has 1 N–H and O–H groups in total. The summed E-state index contributed by atoms with van der Waals surface area (Å²) >= 11 is 0. The van der Waals surface area contributed by atoms with Gasteiger partial charge in [0.15, 0.2) is 0 Å². The summed E-state index contributed by atoms with van der Waals surface area (Å²) in [6.45, 7) is 4.69. The van der Waals surface area contributed by atoms with E-state index in [1.165, 1.54) is 42.0 Å². The quantitative estimate of drug-likeness (QED) is 0.818. The van der Waals surface area contributed by atoms with Crippen LogP contribution in [0.3, 0.4) is 0 Å². The van der Waals surface area contributed by atoms with E-state index in [1.807, 2.05) is 0 Å². The maximum absolute atomic E-state index is 3.86. The second-order valence-corrected chi connectivity index (χ2v) is 6.43. The lowest BCUT2D eigenvalue weighted by Crippen LogP contribution is -2.35. The SMILES string of the molecule is CC1CCCC(NC(C)c2cccc3ccccc23)C1. The molecule has 1 aliphatic rings. The zero-order valence-electron chi connectivity index (χ0n) is 12.6. The van der Waals surface area contributed by atoms with Crippen molar-refractivity contribution in [1.82, 2.24) is 5.32 Å². The molecule has 20 heavy (non-hydrogen) atoms. The molecule has 0 bridgehead atoms. The lowest BCUT2D eigenvalue weighted by atomic mass is 9.86.